The van der Waals surface area contributed by atoms with Crippen molar-refractivity contribution < 1.29 is 0 Å². The predicted molar refractivity (Wildman–Crippen MR) is 70.1 cm³/mol. The van der Waals surface area contributed by atoms with Crippen molar-refractivity contribution in [2.45, 2.75) is 65.3 Å². The first-order chi connectivity index (χ1) is 7.59. The van der Waals surface area contributed by atoms with Crippen molar-refractivity contribution in [3.05, 3.63) is 0 Å². The van der Waals surface area contributed by atoms with Crippen molar-refractivity contribution in [1.82, 2.24) is 0 Å². The molecule has 0 aromatic heterocycles. The standard InChI is InChI=1S/C15H29N/c1-10-7-8-13(9-12(10)3)15(16)14-6-4-5-11(14)2/h10-15H,4-9,16H2,1-3H3. The van der Waals surface area contributed by atoms with Gasteiger partial charge in [-0.2, -0.15) is 0 Å². The van der Waals surface area contributed by atoms with E-state index in [0.29, 0.717) is 6.04 Å². The highest BCUT2D eigenvalue weighted by molar-refractivity contribution is 4.90. The zero-order chi connectivity index (χ0) is 11.7. The van der Waals surface area contributed by atoms with Crippen LogP contribution in [0.2, 0.25) is 0 Å². The Morgan fingerprint density at radius 2 is 1.62 bits per heavy atom. The molecule has 0 spiro atoms. The molecule has 2 rings (SSSR count). The molecule has 0 aromatic rings. The van der Waals surface area contributed by atoms with E-state index in [1.807, 2.05) is 0 Å². The quantitative estimate of drug-likeness (QED) is 0.756. The molecule has 2 saturated carbocycles. The van der Waals surface area contributed by atoms with Gasteiger partial charge < -0.3 is 5.73 Å². The highest BCUT2D eigenvalue weighted by atomic mass is 14.7. The van der Waals surface area contributed by atoms with Gasteiger partial charge in [-0.25, -0.2) is 0 Å². The molecule has 2 aliphatic carbocycles. The second-order valence-corrected chi connectivity index (χ2v) is 6.68. The Morgan fingerprint density at radius 3 is 2.19 bits per heavy atom. The van der Waals surface area contributed by atoms with Gasteiger partial charge >= 0.3 is 0 Å². The zero-order valence-electron chi connectivity index (χ0n) is 11.3. The van der Waals surface area contributed by atoms with Crippen molar-refractivity contribution >= 4 is 0 Å². The molecule has 0 bridgehead atoms. The van der Waals surface area contributed by atoms with Crippen LogP contribution < -0.4 is 5.73 Å². The molecule has 16 heavy (non-hydrogen) atoms. The van der Waals surface area contributed by atoms with Crippen LogP contribution in [-0.4, -0.2) is 6.04 Å². The largest absolute Gasteiger partial charge is 0.327 e. The smallest absolute Gasteiger partial charge is 0.00982 e. The molecule has 0 amide bonds. The molecule has 0 heterocycles. The third-order valence-corrected chi connectivity index (χ3v) is 5.61. The Labute approximate surface area is 101 Å². The van der Waals surface area contributed by atoms with Gasteiger partial charge in [-0.15, -0.1) is 0 Å². The maximum Gasteiger partial charge on any atom is 0.00982 e. The van der Waals surface area contributed by atoms with E-state index in [0.717, 1.165) is 29.6 Å². The van der Waals surface area contributed by atoms with Crippen LogP contribution in [0, 0.1) is 29.6 Å². The summed E-state index contributed by atoms with van der Waals surface area (Å²) in [5.41, 5.74) is 6.55. The lowest BCUT2D eigenvalue weighted by Gasteiger charge is -2.38. The van der Waals surface area contributed by atoms with Crippen LogP contribution in [0.1, 0.15) is 59.3 Å². The maximum atomic E-state index is 6.55. The highest BCUT2D eigenvalue weighted by Gasteiger charge is 2.36. The third-order valence-electron chi connectivity index (χ3n) is 5.61. The van der Waals surface area contributed by atoms with E-state index in [1.165, 1.54) is 38.5 Å². The van der Waals surface area contributed by atoms with Crippen LogP contribution in [0.3, 0.4) is 0 Å². The molecule has 6 atom stereocenters. The van der Waals surface area contributed by atoms with Crippen molar-refractivity contribution in [1.29, 1.82) is 0 Å². The van der Waals surface area contributed by atoms with E-state index >= 15 is 0 Å². The lowest BCUT2D eigenvalue weighted by atomic mass is 9.70. The molecule has 2 aliphatic rings. The van der Waals surface area contributed by atoms with Crippen LogP contribution in [0.25, 0.3) is 0 Å². The fourth-order valence-electron chi connectivity index (χ4n) is 4.03. The van der Waals surface area contributed by atoms with E-state index in [-0.39, 0.29) is 0 Å². The first-order valence-electron chi connectivity index (χ1n) is 7.35. The number of hydrogen-bond acceptors (Lipinski definition) is 1. The fraction of sp³-hybridized carbons (Fsp3) is 1.00. The molecule has 2 N–H and O–H groups in total. The normalized spacial score (nSPS) is 46.9. The summed E-state index contributed by atoms with van der Waals surface area (Å²) in [5, 5.41) is 0. The molecule has 0 radical (unpaired) electrons. The summed E-state index contributed by atoms with van der Waals surface area (Å²) in [6, 6.07) is 0.493. The second kappa shape index (κ2) is 5.08. The van der Waals surface area contributed by atoms with Gasteiger partial charge in [0.25, 0.3) is 0 Å². The Balaban J connectivity index is 1.92. The van der Waals surface area contributed by atoms with Gasteiger partial charge in [0.1, 0.15) is 0 Å². The summed E-state index contributed by atoms with van der Waals surface area (Å²) in [7, 11) is 0. The highest BCUT2D eigenvalue weighted by Crippen LogP contribution is 2.41. The van der Waals surface area contributed by atoms with E-state index in [1.54, 1.807) is 0 Å². The van der Waals surface area contributed by atoms with E-state index in [9.17, 15) is 0 Å². The molecule has 6 unspecified atom stereocenters. The van der Waals surface area contributed by atoms with Gasteiger partial charge in [0.15, 0.2) is 0 Å². The van der Waals surface area contributed by atoms with E-state index in [2.05, 4.69) is 20.8 Å². The molecular formula is C15H29N. The van der Waals surface area contributed by atoms with Gasteiger partial charge in [-0.1, -0.05) is 40.0 Å². The Morgan fingerprint density at radius 1 is 0.875 bits per heavy atom. The molecule has 1 nitrogen and oxygen atoms in total. The van der Waals surface area contributed by atoms with Crippen molar-refractivity contribution in [3.8, 4) is 0 Å². The third kappa shape index (κ3) is 2.45. The van der Waals surface area contributed by atoms with Crippen LogP contribution in [0.5, 0.6) is 0 Å². The van der Waals surface area contributed by atoms with Gasteiger partial charge in [0.2, 0.25) is 0 Å². The molecule has 0 aromatic carbocycles. The summed E-state index contributed by atoms with van der Waals surface area (Å²) in [6.07, 6.45) is 8.39. The summed E-state index contributed by atoms with van der Waals surface area (Å²) in [4.78, 5) is 0. The molecule has 2 fully saturated rings. The number of nitrogens with two attached hydrogens (primary N) is 1. The monoisotopic (exact) mass is 223 g/mol. The van der Waals surface area contributed by atoms with Crippen LogP contribution in [0.15, 0.2) is 0 Å². The molecule has 94 valence electrons. The summed E-state index contributed by atoms with van der Waals surface area (Å²) in [5.74, 6) is 4.33. The van der Waals surface area contributed by atoms with E-state index in [4.69, 9.17) is 5.73 Å². The van der Waals surface area contributed by atoms with Gasteiger partial charge in [0, 0.05) is 6.04 Å². The molecule has 0 saturated heterocycles. The lowest BCUT2D eigenvalue weighted by molar-refractivity contribution is 0.149. The average molecular weight is 223 g/mol. The topological polar surface area (TPSA) is 26.0 Å². The number of hydrogen-bond donors (Lipinski definition) is 1. The van der Waals surface area contributed by atoms with Crippen molar-refractivity contribution in [2.75, 3.05) is 0 Å². The van der Waals surface area contributed by atoms with Crippen LogP contribution in [-0.2, 0) is 0 Å². The van der Waals surface area contributed by atoms with Gasteiger partial charge in [-0.3, -0.25) is 0 Å². The zero-order valence-corrected chi connectivity index (χ0v) is 11.3. The van der Waals surface area contributed by atoms with Crippen LogP contribution >= 0.6 is 0 Å². The summed E-state index contributed by atoms with van der Waals surface area (Å²) >= 11 is 0. The van der Waals surface area contributed by atoms with E-state index < -0.39 is 0 Å². The Kier molecular flexibility index (Phi) is 3.94. The SMILES string of the molecule is CC1CCC(C(N)C2CCCC2C)CC1C. The minimum Gasteiger partial charge on any atom is -0.327 e. The maximum absolute atomic E-state index is 6.55. The van der Waals surface area contributed by atoms with Crippen LogP contribution in [0.4, 0.5) is 0 Å². The van der Waals surface area contributed by atoms with Crippen molar-refractivity contribution in [2.24, 2.45) is 35.3 Å². The molecule has 1 heteroatoms. The fourth-order valence-corrected chi connectivity index (χ4v) is 4.03. The first-order valence-corrected chi connectivity index (χ1v) is 7.35. The van der Waals surface area contributed by atoms with Gasteiger partial charge in [-0.05, 0) is 48.9 Å². The Bertz CT molecular complexity index is 225. The Hall–Kier alpha value is -0.0400. The summed E-state index contributed by atoms with van der Waals surface area (Å²) in [6.45, 7) is 7.23. The molecular weight excluding hydrogens is 194 g/mol. The predicted octanol–water partition coefficient (Wildman–Crippen LogP) is 3.82. The first kappa shape index (κ1) is 12.4. The number of rotatable bonds is 2. The second-order valence-electron chi connectivity index (χ2n) is 6.68. The lowest BCUT2D eigenvalue weighted by Crippen LogP contribution is -2.41. The average Bonchev–Trinajstić information content (AvgIpc) is 2.67. The van der Waals surface area contributed by atoms with Gasteiger partial charge in [0.05, 0.1) is 0 Å². The summed E-state index contributed by atoms with van der Waals surface area (Å²) < 4.78 is 0. The minimum absolute atomic E-state index is 0.493. The minimum atomic E-state index is 0.493. The van der Waals surface area contributed by atoms with Crippen molar-refractivity contribution in [3.63, 3.8) is 0 Å². The molecule has 0 aliphatic heterocycles.